The van der Waals surface area contributed by atoms with Gasteiger partial charge in [0.15, 0.2) is 11.5 Å². The number of hydrogen-bond acceptors (Lipinski definition) is 7. The molecule has 0 fully saturated rings. The first kappa shape index (κ1) is 18.8. The van der Waals surface area contributed by atoms with Crippen molar-refractivity contribution in [2.24, 2.45) is 0 Å². The third-order valence-corrected chi connectivity index (χ3v) is 3.34. The van der Waals surface area contributed by atoms with Gasteiger partial charge < -0.3 is 19.4 Å². The molecule has 2 aromatic rings. The van der Waals surface area contributed by atoms with Crippen LogP contribution in [0.15, 0.2) is 48.5 Å². The Kier molecular flexibility index (Phi) is 6.55. The molecule has 0 heterocycles. The predicted molar refractivity (Wildman–Crippen MR) is 92.4 cm³/mol. The fraction of sp³-hybridized carbons (Fsp3) is 0.167. The lowest BCUT2D eigenvalue weighted by molar-refractivity contribution is -0.757. The molecule has 0 atom stereocenters. The molecular formula is C18H17NO7. The third-order valence-electron chi connectivity index (χ3n) is 3.34. The molecule has 1 N–H and O–H groups in total. The summed E-state index contributed by atoms with van der Waals surface area (Å²) >= 11 is 0. The number of methoxy groups -OCH3 is 1. The first-order valence-electron chi connectivity index (χ1n) is 7.61. The molecule has 8 nitrogen and oxygen atoms in total. The Balaban J connectivity index is 1.90. The van der Waals surface area contributed by atoms with Crippen molar-refractivity contribution in [2.75, 3.05) is 13.7 Å². The van der Waals surface area contributed by atoms with Crippen molar-refractivity contribution in [3.05, 3.63) is 69.8 Å². The molecule has 0 saturated heterocycles. The van der Waals surface area contributed by atoms with E-state index in [1.165, 1.54) is 25.3 Å². The molecule has 0 bridgehead atoms. The van der Waals surface area contributed by atoms with E-state index in [9.17, 15) is 20.0 Å². The van der Waals surface area contributed by atoms with Gasteiger partial charge in [-0.25, -0.2) is 4.79 Å². The summed E-state index contributed by atoms with van der Waals surface area (Å²) in [6.45, 7) is -0.0367. The first-order valence-corrected chi connectivity index (χ1v) is 7.61. The molecule has 2 aromatic carbocycles. The molecule has 0 spiro atoms. The number of phenols is 1. The van der Waals surface area contributed by atoms with Crippen molar-refractivity contribution in [2.45, 2.75) is 6.42 Å². The molecule has 0 aliphatic heterocycles. The van der Waals surface area contributed by atoms with Crippen molar-refractivity contribution in [3.8, 4) is 17.2 Å². The van der Waals surface area contributed by atoms with Crippen LogP contribution in [0.25, 0.3) is 6.08 Å². The van der Waals surface area contributed by atoms with E-state index in [4.69, 9.17) is 9.47 Å². The van der Waals surface area contributed by atoms with E-state index in [-0.39, 0.29) is 12.4 Å². The molecule has 0 radical (unpaired) electrons. The van der Waals surface area contributed by atoms with Gasteiger partial charge in [0, 0.05) is 6.08 Å². The number of benzene rings is 2. The number of carbonyl (C=O) groups excluding carboxylic acids is 1. The van der Waals surface area contributed by atoms with Crippen LogP contribution in [-0.2, 0) is 16.1 Å². The lowest BCUT2D eigenvalue weighted by Gasteiger charge is -2.05. The van der Waals surface area contributed by atoms with Crippen LogP contribution < -0.4 is 9.47 Å². The second-order valence-corrected chi connectivity index (χ2v) is 5.14. The lowest BCUT2D eigenvalue weighted by atomic mass is 10.1. The minimum absolute atomic E-state index is 0.0101. The Hall–Kier alpha value is -3.55. The van der Waals surface area contributed by atoms with E-state index in [1.807, 2.05) is 0 Å². The summed E-state index contributed by atoms with van der Waals surface area (Å²) in [6.07, 6.45) is 3.16. The number of aromatic hydroxyl groups is 1. The van der Waals surface area contributed by atoms with Crippen LogP contribution in [-0.4, -0.2) is 29.9 Å². The van der Waals surface area contributed by atoms with Gasteiger partial charge in [0.2, 0.25) is 0 Å². The quantitative estimate of drug-likeness (QED) is 0.254. The second kappa shape index (κ2) is 9.07. The van der Waals surface area contributed by atoms with Crippen molar-refractivity contribution >= 4 is 12.0 Å². The van der Waals surface area contributed by atoms with Crippen LogP contribution in [0, 0.1) is 10.1 Å². The van der Waals surface area contributed by atoms with E-state index < -0.39 is 11.1 Å². The Morgan fingerprint density at radius 1 is 1.23 bits per heavy atom. The Morgan fingerprint density at radius 2 is 1.96 bits per heavy atom. The predicted octanol–water partition coefficient (Wildman–Crippen LogP) is 2.77. The normalized spacial score (nSPS) is 10.5. The van der Waals surface area contributed by atoms with Crippen molar-refractivity contribution in [1.29, 1.82) is 0 Å². The highest BCUT2D eigenvalue weighted by molar-refractivity contribution is 5.88. The number of ether oxygens (including phenoxy) is 2. The number of carbonyl (C=O) groups is 1. The summed E-state index contributed by atoms with van der Waals surface area (Å²) in [5.74, 6) is 0.0939. The maximum absolute atomic E-state index is 11.9. The summed E-state index contributed by atoms with van der Waals surface area (Å²) in [5.41, 5.74) is 1.48. The van der Waals surface area contributed by atoms with Gasteiger partial charge in [-0.2, -0.15) is 0 Å². The molecule has 0 saturated carbocycles. The number of esters is 1. The average molecular weight is 359 g/mol. The van der Waals surface area contributed by atoms with Crippen LogP contribution in [0.3, 0.4) is 0 Å². The summed E-state index contributed by atoms with van der Waals surface area (Å²) in [6, 6.07) is 11.3. The van der Waals surface area contributed by atoms with Gasteiger partial charge in [-0.05, 0) is 47.9 Å². The number of rotatable bonds is 8. The zero-order valence-corrected chi connectivity index (χ0v) is 14.0. The minimum atomic E-state index is -0.841. The molecule has 0 unspecified atom stereocenters. The molecule has 136 valence electrons. The fourth-order valence-electron chi connectivity index (χ4n) is 2.07. The Morgan fingerprint density at radius 3 is 2.62 bits per heavy atom. The molecule has 8 heteroatoms. The summed E-state index contributed by atoms with van der Waals surface area (Å²) in [5, 5.41) is 18.8. The largest absolute Gasteiger partial charge is 0.504 e. The highest BCUT2D eigenvalue weighted by Gasteiger charge is 2.04. The maximum atomic E-state index is 11.9. The molecule has 0 aliphatic carbocycles. The zero-order valence-electron chi connectivity index (χ0n) is 14.0. The Bertz CT molecular complexity index is 800. The summed E-state index contributed by atoms with van der Waals surface area (Å²) in [4.78, 5) is 26.2. The summed E-state index contributed by atoms with van der Waals surface area (Å²) in [7, 11) is 1.43. The molecule has 0 aromatic heterocycles. The third kappa shape index (κ3) is 5.82. The monoisotopic (exact) mass is 359 g/mol. The zero-order chi connectivity index (χ0) is 18.9. The molecular weight excluding hydrogens is 342 g/mol. The van der Waals surface area contributed by atoms with Gasteiger partial charge in [-0.15, -0.1) is 10.1 Å². The smallest absolute Gasteiger partial charge is 0.336 e. The lowest BCUT2D eigenvalue weighted by Crippen LogP contribution is -2.05. The molecule has 0 amide bonds. The Labute approximate surface area is 149 Å². The summed E-state index contributed by atoms with van der Waals surface area (Å²) < 4.78 is 10.2. The van der Waals surface area contributed by atoms with E-state index in [2.05, 4.69) is 4.84 Å². The van der Waals surface area contributed by atoms with Gasteiger partial charge >= 0.3 is 5.97 Å². The highest BCUT2D eigenvalue weighted by atomic mass is 16.9. The number of phenolic OH excluding ortho intramolecular Hbond substituents is 1. The molecule has 2 rings (SSSR count). The standard InChI is InChI=1S/C18H17NO7/c1-24-17-12-14(4-8-16(17)20)5-9-18(21)26-15-6-2-13(3-7-15)10-11-25-19(22)23/h2-9,12,20H,10-11H2,1H3/b9-5+. The van der Waals surface area contributed by atoms with Gasteiger partial charge in [0.1, 0.15) is 12.4 Å². The van der Waals surface area contributed by atoms with Crippen molar-refractivity contribution < 1.29 is 29.3 Å². The van der Waals surface area contributed by atoms with E-state index >= 15 is 0 Å². The average Bonchev–Trinajstić information content (AvgIpc) is 2.62. The molecule has 26 heavy (non-hydrogen) atoms. The van der Waals surface area contributed by atoms with Gasteiger partial charge in [0.25, 0.3) is 5.09 Å². The van der Waals surface area contributed by atoms with Crippen LogP contribution >= 0.6 is 0 Å². The van der Waals surface area contributed by atoms with Crippen LogP contribution in [0.2, 0.25) is 0 Å². The number of hydrogen-bond donors (Lipinski definition) is 1. The SMILES string of the molecule is COc1cc(/C=C/C(=O)Oc2ccc(CCO[N+](=O)[O-])cc2)ccc1O. The van der Waals surface area contributed by atoms with Gasteiger partial charge in [-0.1, -0.05) is 18.2 Å². The maximum Gasteiger partial charge on any atom is 0.336 e. The van der Waals surface area contributed by atoms with Crippen LogP contribution in [0.4, 0.5) is 0 Å². The van der Waals surface area contributed by atoms with E-state index in [0.717, 1.165) is 5.56 Å². The van der Waals surface area contributed by atoms with Gasteiger partial charge in [0.05, 0.1) is 7.11 Å². The number of nitrogens with zero attached hydrogens (tertiary/aromatic N) is 1. The van der Waals surface area contributed by atoms with Crippen LogP contribution in [0.1, 0.15) is 11.1 Å². The fourth-order valence-corrected chi connectivity index (χ4v) is 2.07. The van der Waals surface area contributed by atoms with Crippen molar-refractivity contribution in [3.63, 3.8) is 0 Å². The van der Waals surface area contributed by atoms with E-state index in [1.54, 1.807) is 36.4 Å². The first-order chi connectivity index (χ1) is 12.5. The van der Waals surface area contributed by atoms with Crippen LogP contribution in [0.5, 0.6) is 17.2 Å². The highest BCUT2D eigenvalue weighted by Crippen LogP contribution is 2.26. The molecule has 0 aliphatic rings. The van der Waals surface area contributed by atoms with Crippen molar-refractivity contribution in [1.82, 2.24) is 0 Å². The topological polar surface area (TPSA) is 108 Å². The van der Waals surface area contributed by atoms with Gasteiger partial charge in [-0.3, -0.25) is 0 Å². The van der Waals surface area contributed by atoms with E-state index in [0.29, 0.717) is 23.5 Å². The second-order valence-electron chi connectivity index (χ2n) is 5.14. The minimum Gasteiger partial charge on any atom is -0.504 e.